The van der Waals surface area contributed by atoms with Gasteiger partial charge in [-0.25, -0.2) is 0 Å². The summed E-state index contributed by atoms with van der Waals surface area (Å²) < 4.78 is 6.64. The molecule has 6 aromatic carbocycles. The van der Waals surface area contributed by atoms with Crippen LogP contribution in [0.2, 0.25) is 0 Å². The van der Waals surface area contributed by atoms with E-state index in [1.807, 2.05) is 36.4 Å². The van der Waals surface area contributed by atoms with Crippen molar-refractivity contribution in [3.05, 3.63) is 163 Å². The Morgan fingerprint density at radius 1 is 0.488 bits per heavy atom. The lowest BCUT2D eigenvalue weighted by molar-refractivity contribution is 0.484. The van der Waals surface area contributed by atoms with Crippen molar-refractivity contribution in [3.63, 3.8) is 0 Å². The highest BCUT2D eigenvalue weighted by molar-refractivity contribution is 5.87. The van der Waals surface area contributed by atoms with Gasteiger partial charge in [0.1, 0.15) is 5.75 Å². The second-order valence-electron chi connectivity index (χ2n) is 11.0. The number of nitrogens with zero attached hydrogens (tertiary/aromatic N) is 1. The summed E-state index contributed by atoms with van der Waals surface area (Å²) in [5.74, 6) is 1.60. The number of ether oxygens (including phenoxy) is 1. The Morgan fingerprint density at radius 2 is 1.12 bits per heavy atom. The van der Waals surface area contributed by atoms with Crippen molar-refractivity contribution >= 4 is 17.1 Å². The first-order valence-electron chi connectivity index (χ1n) is 14.1. The molecule has 1 aliphatic carbocycles. The topological polar surface area (TPSA) is 12.5 Å². The third kappa shape index (κ3) is 4.48. The molecule has 2 heteroatoms. The summed E-state index contributed by atoms with van der Waals surface area (Å²) in [6, 6.07) is 53.2. The summed E-state index contributed by atoms with van der Waals surface area (Å²) in [7, 11) is 0. The number of fused-ring (bicyclic) bond motifs is 3. The highest BCUT2D eigenvalue weighted by Gasteiger charge is 2.35. The van der Waals surface area contributed by atoms with Gasteiger partial charge in [-0.15, -0.1) is 0 Å². The van der Waals surface area contributed by atoms with Crippen molar-refractivity contribution in [2.24, 2.45) is 0 Å². The second-order valence-corrected chi connectivity index (χ2v) is 11.0. The van der Waals surface area contributed by atoms with Gasteiger partial charge >= 0.3 is 0 Å². The highest BCUT2D eigenvalue weighted by Crippen LogP contribution is 2.51. The third-order valence-electron chi connectivity index (χ3n) is 8.12. The fraction of sp³-hybridized carbons (Fsp3) is 0.0769. The van der Waals surface area contributed by atoms with E-state index in [1.54, 1.807) is 0 Å². The fourth-order valence-electron chi connectivity index (χ4n) is 6.04. The summed E-state index contributed by atoms with van der Waals surface area (Å²) >= 11 is 0. The molecule has 41 heavy (non-hydrogen) atoms. The normalized spacial score (nSPS) is 12.8. The maximum atomic E-state index is 6.64. The van der Waals surface area contributed by atoms with Gasteiger partial charge in [-0.3, -0.25) is 0 Å². The Labute approximate surface area is 242 Å². The molecule has 0 bridgehead atoms. The van der Waals surface area contributed by atoms with Gasteiger partial charge in [-0.05, 0) is 81.9 Å². The number of hydrogen-bond acceptors (Lipinski definition) is 2. The van der Waals surface area contributed by atoms with Gasteiger partial charge in [0.25, 0.3) is 0 Å². The lowest BCUT2D eigenvalue weighted by atomic mass is 9.82. The average Bonchev–Trinajstić information content (AvgIpc) is 3.25. The maximum Gasteiger partial charge on any atom is 0.152 e. The summed E-state index contributed by atoms with van der Waals surface area (Å²) in [5.41, 5.74) is 10.7. The zero-order valence-corrected chi connectivity index (χ0v) is 23.3. The van der Waals surface area contributed by atoms with Gasteiger partial charge < -0.3 is 9.64 Å². The van der Waals surface area contributed by atoms with E-state index in [9.17, 15) is 0 Å². The van der Waals surface area contributed by atoms with Crippen molar-refractivity contribution in [1.82, 2.24) is 0 Å². The molecule has 0 atom stereocenters. The number of rotatable bonds is 6. The number of benzene rings is 6. The summed E-state index contributed by atoms with van der Waals surface area (Å²) in [6.45, 7) is 4.65. The Bertz CT molecular complexity index is 1830. The smallest absolute Gasteiger partial charge is 0.152 e. The maximum absolute atomic E-state index is 6.64. The van der Waals surface area contributed by atoms with E-state index in [0.717, 1.165) is 39.7 Å². The van der Waals surface area contributed by atoms with E-state index in [2.05, 4.69) is 134 Å². The molecule has 0 saturated heterocycles. The van der Waals surface area contributed by atoms with Crippen molar-refractivity contribution < 1.29 is 4.74 Å². The molecule has 0 aromatic heterocycles. The van der Waals surface area contributed by atoms with Crippen molar-refractivity contribution in [2.45, 2.75) is 19.3 Å². The molecule has 0 spiro atoms. The standard InChI is InChI=1S/C39H31NO/c1-39(2)35-21-13-12-20-33(35)34-24-23-31(27-36(34)39)40(30-16-8-4-9-17-30)37-25-22-29(28-14-6-3-7-15-28)26-38(37)41-32-18-10-5-11-19-32/h3-27H,1-2H3. The van der Waals surface area contributed by atoms with Crippen LogP contribution in [0.5, 0.6) is 11.5 Å². The zero-order chi connectivity index (χ0) is 27.8. The minimum atomic E-state index is -0.0924. The monoisotopic (exact) mass is 529 g/mol. The van der Waals surface area contributed by atoms with Crippen LogP contribution in [0.4, 0.5) is 17.1 Å². The second kappa shape index (κ2) is 10.1. The van der Waals surface area contributed by atoms with Crippen LogP contribution >= 0.6 is 0 Å². The van der Waals surface area contributed by atoms with Crippen molar-refractivity contribution in [3.8, 4) is 33.8 Å². The van der Waals surface area contributed by atoms with Crippen LogP contribution < -0.4 is 9.64 Å². The first-order valence-corrected chi connectivity index (χ1v) is 14.1. The predicted octanol–water partition coefficient (Wildman–Crippen LogP) is 10.9. The van der Waals surface area contributed by atoms with Gasteiger partial charge in [0.15, 0.2) is 5.75 Å². The predicted molar refractivity (Wildman–Crippen MR) is 171 cm³/mol. The number of anilines is 3. The molecule has 7 rings (SSSR count). The van der Waals surface area contributed by atoms with Gasteiger partial charge in [0, 0.05) is 16.8 Å². The van der Waals surface area contributed by atoms with Gasteiger partial charge in [0.05, 0.1) is 5.69 Å². The van der Waals surface area contributed by atoms with Crippen LogP contribution in [0.25, 0.3) is 22.3 Å². The third-order valence-corrected chi connectivity index (χ3v) is 8.12. The van der Waals surface area contributed by atoms with Gasteiger partial charge in [-0.1, -0.05) is 117 Å². The van der Waals surface area contributed by atoms with Gasteiger partial charge in [-0.2, -0.15) is 0 Å². The Morgan fingerprint density at radius 3 is 1.88 bits per heavy atom. The molecule has 6 aromatic rings. The Kier molecular flexibility index (Phi) is 6.17. The minimum Gasteiger partial charge on any atom is -0.455 e. The van der Waals surface area contributed by atoms with E-state index in [0.29, 0.717) is 0 Å². The summed E-state index contributed by atoms with van der Waals surface area (Å²) in [6.07, 6.45) is 0. The molecule has 0 radical (unpaired) electrons. The zero-order valence-electron chi connectivity index (χ0n) is 23.3. The van der Waals surface area contributed by atoms with Crippen LogP contribution in [0.15, 0.2) is 152 Å². The molecule has 2 nitrogen and oxygen atoms in total. The van der Waals surface area contributed by atoms with Crippen molar-refractivity contribution in [1.29, 1.82) is 0 Å². The summed E-state index contributed by atoms with van der Waals surface area (Å²) in [4.78, 5) is 2.31. The number of para-hydroxylation sites is 2. The van der Waals surface area contributed by atoms with Crippen LogP contribution in [0.3, 0.4) is 0 Å². The van der Waals surface area contributed by atoms with E-state index < -0.39 is 0 Å². The Balaban J connectivity index is 1.42. The highest BCUT2D eigenvalue weighted by atomic mass is 16.5. The van der Waals surface area contributed by atoms with Crippen molar-refractivity contribution in [2.75, 3.05) is 4.90 Å². The van der Waals surface area contributed by atoms with Crippen LogP contribution in [0, 0.1) is 0 Å². The lowest BCUT2D eigenvalue weighted by Crippen LogP contribution is -2.16. The van der Waals surface area contributed by atoms with E-state index in [4.69, 9.17) is 4.74 Å². The molecule has 0 saturated carbocycles. The van der Waals surface area contributed by atoms with Crippen LogP contribution in [-0.4, -0.2) is 0 Å². The molecular weight excluding hydrogens is 498 g/mol. The molecule has 0 N–H and O–H groups in total. The molecule has 0 heterocycles. The average molecular weight is 530 g/mol. The molecule has 0 fully saturated rings. The van der Waals surface area contributed by atoms with Gasteiger partial charge in [0.2, 0.25) is 0 Å². The summed E-state index contributed by atoms with van der Waals surface area (Å²) in [5, 5.41) is 0. The first kappa shape index (κ1) is 24.9. The SMILES string of the molecule is CC1(C)c2ccccc2-c2ccc(N(c3ccccc3)c3ccc(-c4ccccc4)cc3Oc3ccccc3)cc21. The lowest BCUT2D eigenvalue weighted by Gasteiger charge is -2.29. The van der Waals surface area contributed by atoms with E-state index in [-0.39, 0.29) is 5.41 Å². The molecule has 1 aliphatic rings. The molecule has 0 amide bonds. The van der Waals surface area contributed by atoms with Crippen LogP contribution in [-0.2, 0) is 5.41 Å². The quantitative estimate of drug-likeness (QED) is 0.213. The fourth-order valence-corrected chi connectivity index (χ4v) is 6.04. The molecule has 198 valence electrons. The Hall–Kier alpha value is -5.08. The molecule has 0 aliphatic heterocycles. The minimum absolute atomic E-state index is 0.0924. The van der Waals surface area contributed by atoms with E-state index >= 15 is 0 Å². The molecule has 0 unspecified atom stereocenters. The number of hydrogen-bond donors (Lipinski definition) is 0. The van der Waals surface area contributed by atoms with E-state index in [1.165, 1.54) is 22.3 Å². The first-order chi connectivity index (χ1) is 20.1. The van der Waals surface area contributed by atoms with Crippen LogP contribution in [0.1, 0.15) is 25.0 Å². The largest absolute Gasteiger partial charge is 0.455 e. The molecular formula is C39H31NO.